The highest BCUT2D eigenvalue weighted by atomic mass is 35.5. The van der Waals surface area contributed by atoms with Crippen LogP contribution >= 0.6 is 23.2 Å². The van der Waals surface area contributed by atoms with Crippen molar-refractivity contribution in [3.63, 3.8) is 0 Å². The fourth-order valence-electron chi connectivity index (χ4n) is 1.59. The average Bonchev–Trinajstić information content (AvgIpc) is 2.37. The molecular weight excluding hydrogens is 283 g/mol. The molecule has 3 nitrogen and oxygen atoms in total. The molecule has 2 aromatic rings. The smallest absolute Gasteiger partial charge is 0.255 e. The predicted molar refractivity (Wildman–Crippen MR) is 80.0 cm³/mol. The first-order valence-corrected chi connectivity index (χ1v) is 6.35. The number of benzene rings is 2. The van der Waals surface area contributed by atoms with Gasteiger partial charge in [0.15, 0.2) is 0 Å². The fourth-order valence-corrected chi connectivity index (χ4v) is 1.89. The van der Waals surface area contributed by atoms with Gasteiger partial charge in [0.1, 0.15) is 0 Å². The molecule has 0 spiro atoms. The summed E-state index contributed by atoms with van der Waals surface area (Å²) in [5, 5.41) is 3.54. The Morgan fingerprint density at radius 2 is 1.84 bits per heavy atom. The SMILES string of the molecule is Cc1cc(NC(=O)c2ccc(Cl)c(Cl)c2)ccc1N. The number of carbonyl (C=O) groups excluding carboxylic acids is 1. The molecule has 3 N–H and O–H groups in total. The van der Waals surface area contributed by atoms with E-state index < -0.39 is 0 Å². The lowest BCUT2D eigenvalue weighted by Crippen LogP contribution is -2.12. The molecule has 0 saturated heterocycles. The van der Waals surface area contributed by atoms with E-state index in [1.807, 2.05) is 13.0 Å². The molecule has 0 aromatic heterocycles. The van der Waals surface area contributed by atoms with Crippen LogP contribution in [-0.2, 0) is 0 Å². The third-order valence-electron chi connectivity index (χ3n) is 2.71. The Bertz CT molecular complexity index is 641. The van der Waals surface area contributed by atoms with Crippen LogP contribution in [0.1, 0.15) is 15.9 Å². The molecule has 0 aliphatic rings. The number of nitrogen functional groups attached to an aromatic ring is 1. The Morgan fingerprint density at radius 3 is 2.47 bits per heavy atom. The normalized spacial score (nSPS) is 10.3. The quantitative estimate of drug-likeness (QED) is 0.818. The van der Waals surface area contributed by atoms with Crippen molar-refractivity contribution < 1.29 is 4.79 Å². The monoisotopic (exact) mass is 294 g/mol. The van der Waals surface area contributed by atoms with Crippen LogP contribution in [0.2, 0.25) is 10.0 Å². The number of carbonyl (C=O) groups is 1. The molecule has 0 fully saturated rings. The van der Waals surface area contributed by atoms with Crippen molar-refractivity contribution in [2.75, 3.05) is 11.1 Å². The van der Waals surface area contributed by atoms with Gasteiger partial charge in [0.25, 0.3) is 5.91 Å². The number of rotatable bonds is 2. The van der Waals surface area contributed by atoms with Gasteiger partial charge in [-0.2, -0.15) is 0 Å². The van der Waals surface area contributed by atoms with E-state index in [-0.39, 0.29) is 5.91 Å². The van der Waals surface area contributed by atoms with Gasteiger partial charge >= 0.3 is 0 Å². The first-order valence-electron chi connectivity index (χ1n) is 5.60. The molecule has 19 heavy (non-hydrogen) atoms. The minimum absolute atomic E-state index is 0.247. The lowest BCUT2D eigenvalue weighted by Gasteiger charge is -2.08. The molecule has 0 aliphatic carbocycles. The molecule has 0 heterocycles. The van der Waals surface area contributed by atoms with Crippen LogP contribution in [0.3, 0.4) is 0 Å². The number of nitrogens with one attached hydrogen (secondary N) is 1. The molecule has 1 amide bonds. The lowest BCUT2D eigenvalue weighted by atomic mass is 10.1. The highest BCUT2D eigenvalue weighted by Gasteiger charge is 2.08. The van der Waals surface area contributed by atoms with Gasteiger partial charge in [-0.1, -0.05) is 23.2 Å². The van der Waals surface area contributed by atoms with E-state index in [0.29, 0.717) is 27.0 Å². The molecule has 0 unspecified atom stereocenters. The molecule has 2 aromatic carbocycles. The van der Waals surface area contributed by atoms with Crippen molar-refractivity contribution >= 4 is 40.5 Å². The summed E-state index contributed by atoms with van der Waals surface area (Å²) in [5.74, 6) is -0.247. The maximum atomic E-state index is 12.0. The van der Waals surface area contributed by atoms with Gasteiger partial charge < -0.3 is 11.1 Å². The van der Waals surface area contributed by atoms with Crippen molar-refractivity contribution in [3.05, 3.63) is 57.6 Å². The first-order chi connectivity index (χ1) is 8.97. The summed E-state index contributed by atoms with van der Waals surface area (Å²) in [7, 11) is 0. The van der Waals surface area contributed by atoms with Crippen LogP contribution in [0, 0.1) is 6.92 Å². The minimum Gasteiger partial charge on any atom is -0.399 e. The number of anilines is 2. The van der Waals surface area contributed by atoms with E-state index in [0.717, 1.165) is 5.56 Å². The Labute approximate surface area is 121 Å². The second kappa shape index (κ2) is 5.51. The number of hydrogen-bond acceptors (Lipinski definition) is 2. The molecule has 98 valence electrons. The van der Waals surface area contributed by atoms with E-state index >= 15 is 0 Å². The summed E-state index contributed by atoms with van der Waals surface area (Å²) in [6.07, 6.45) is 0. The lowest BCUT2D eigenvalue weighted by molar-refractivity contribution is 0.102. The van der Waals surface area contributed by atoms with Crippen LogP contribution in [0.4, 0.5) is 11.4 Å². The number of halogens is 2. The second-order valence-corrected chi connectivity index (χ2v) is 4.97. The number of aryl methyl sites for hydroxylation is 1. The predicted octanol–water partition coefficient (Wildman–Crippen LogP) is 4.14. The zero-order valence-corrected chi connectivity index (χ0v) is 11.7. The van der Waals surface area contributed by atoms with Crippen LogP contribution in [0.15, 0.2) is 36.4 Å². The van der Waals surface area contributed by atoms with Crippen LogP contribution < -0.4 is 11.1 Å². The van der Waals surface area contributed by atoms with Gasteiger partial charge in [-0.15, -0.1) is 0 Å². The van der Waals surface area contributed by atoms with Gasteiger partial charge in [-0.25, -0.2) is 0 Å². The summed E-state index contributed by atoms with van der Waals surface area (Å²) in [5.41, 5.74) is 8.45. The van der Waals surface area contributed by atoms with Crippen molar-refractivity contribution in [2.24, 2.45) is 0 Å². The van der Waals surface area contributed by atoms with E-state index in [9.17, 15) is 4.79 Å². The van der Waals surface area contributed by atoms with Crippen LogP contribution in [-0.4, -0.2) is 5.91 Å². The Kier molecular flexibility index (Phi) is 3.98. The van der Waals surface area contributed by atoms with Gasteiger partial charge in [0.05, 0.1) is 10.0 Å². The van der Waals surface area contributed by atoms with Crippen molar-refractivity contribution in [3.8, 4) is 0 Å². The first kappa shape index (κ1) is 13.7. The van der Waals surface area contributed by atoms with Crippen LogP contribution in [0.25, 0.3) is 0 Å². The van der Waals surface area contributed by atoms with Gasteiger partial charge in [-0.05, 0) is 48.9 Å². The number of amides is 1. The Morgan fingerprint density at radius 1 is 1.11 bits per heavy atom. The molecule has 5 heteroatoms. The molecule has 0 radical (unpaired) electrons. The number of hydrogen-bond donors (Lipinski definition) is 2. The maximum absolute atomic E-state index is 12.0. The third kappa shape index (κ3) is 3.19. The molecule has 0 atom stereocenters. The van der Waals surface area contributed by atoms with Gasteiger partial charge in [-0.3, -0.25) is 4.79 Å². The molecular formula is C14H12Cl2N2O. The van der Waals surface area contributed by atoms with Crippen molar-refractivity contribution in [1.82, 2.24) is 0 Å². The third-order valence-corrected chi connectivity index (χ3v) is 3.45. The standard InChI is InChI=1S/C14H12Cl2N2O/c1-8-6-10(3-5-13(8)17)18-14(19)9-2-4-11(15)12(16)7-9/h2-7H,17H2,1H3,(H,18,19). The summed E-state index contributed by atoms with van der Waals surface area (Å²) < 4.78 is 0. The minimum atomic E-state index is -0.247. The maximum Gasteiger partial charge on any atom is 0.255 e. The zero-order chi connectivity index (χ0) is 14.0. The topological polar surface area (TPSA) is 55.1 Å². The molecule has 2 rings (SSSR count). The highest BCUT2D eigenvalue weighted by molar-refractivity contribution is 6.42. The largest absolute Gasteiger partial charge is 0.399 e. The Hall–Kier alpha value is -1.71. The van der Waals surface area contributed by atoms with Gasteiger partial charge in [0.2, 0.25) is 0 Å². The molecule has 0 saturated carbocycles. The summed E-state index contributed by atoms with van der Waals surface area (Å²) in [6, 6.07) is 10.0. The molecule has 0 aliphatic heterocycles. The van der Waals surface area contributed by atoms with Crippen molar-refractivity contribution in [2.45, 2.75) is 6.92 Å². The van der Waals surface area contributed by atoms with E-state index in [4.69, 9.17) is 28.9 Å². The van der Waals surface area contributed by atoms with E-state index in [2.05, 4.69) is 5.32 Å². The summed E-state index contributed by atoms with van der Waals surface area (Å²) in [4.78, 5) is 12.0. The molecule has 0 bridgehead atoms. The Balaban J connectivity index is 2.20. The van der Waals surface area contributed by atoms with E-state index in [1.165, 1.54) is 6.07 Å². The van der Waals surface area contributed by atoms with Crippen molar-refractivity contribution in [1.29, 1.82) is 0 Å². The average molecular weight is 295 g/mol. The number of nitrogens with two attached hydrogens (primary N) is 1. The van der Waals surface area contributed by atoms with Crippen LogP contribution in [0.5, 0.6) is 0 Å². The highest BCUT2D eigenvalue weighted by Crippen LogP contribution is 2.23. The van der Waals surface area contributed by atoms with Gasteiger partial charge in [0, 0.05) is 16.9 Å². The summed E-state index contributed by atoms with van der Waals surface area (Å²) >= 11 is 11.7. The fraction of sp³-hybridized carbons (Fsp3) is 0.0714. The van der Waals surface area contributed by atoms with E-state index in [1.54, 1.807) is 24.3 Å². The zero-order valence-electron chi connectivity index (χ0n) is 10.2. The summed E-state index contributed by atoms with van der Waals surface area (Å²) in [6.45, 7) is 1.88. The second-order valence-electron chi connectivity index (χ2n) is 4.15.